The molecule has 0 aliphatic rings. The summed E-state index contributed by atoms with van der Waals surface area (Å²) in [6, 6.07) is 4.08. The van der Waals surface area contributed by atoms with Gasteiger partial charge in [0.25, 0.3) is 0 Å². The Kier molecular flexibility index (Phi) is 5.22. The Morgan fingerprint density at radius 1 is 1.20 bits per heavy atom. The molecule has 0 amide bonds. The zero-order valence-electron chi connectivity index (χ0n) is 9.57. The second-order valence-corrected chi connectivity index (χ2v) is 4.92. The summed E-state index contributed by atoms with van der Waals surface area (Å²) in [4.78, 5) is 8.80. The number of likely N-dealkylation sites (N-methyl/N-ethyl adjacent to an activating group) is 2. The molecular weight excluding hydrogens is 254 g/mol. The highest BCUT2D eigenvalue weighted by Gasteiger charge is 2.01. The van der Waals surface area contributed by atoms with E-state index in [9.17, 15) is 0 Å². The maximum absolute atomic E-state index is 4.34. The van der Waals surface area contributed by atoms with E-state index in [0.717, 1.165) is 29.8 Å². The first-order valence-corrected chi connectivity index (χ1v) is 5.81. The Balaban J connectivity index is 2.37. The first-order chi connectivity index (χ1) is 7.08. The van der Waals surface area contributed by atoms with Crippen molar-refractivity contribution >= 4 is 15.9 Å². The van der Waals surface area contributed by atoms with Gasteiger partial charge in [-0.15, -0.1) is 0 Å². The van der Waals surface area contributed by atoms with Crippen LogP contribution in [0, 0.1) is 0 Å². The van der Waals surface area contributed by atoms with E-state index in [1.54, 1.807) is 0 Å². The summed E-state index contributed by atoms with van der Waals surface area (Å²) in [6.07, 6.45) is 1.84. The summed E-state index contributed by atoms with van der Waals surface area (Å²) in [5.74, 6) is 0. The Hall–Kier alpha value is -0.450. The van der Waals surface area contributed by atoms with Gasteiger partial charge in [0, 0.05) is 30.3 Å². The average Bonchev–Trinajstić information content (AvgIpc) is 2.19. The number of hydrogen-bond donors (Lipinski definition) is 0. The van der Waals surface area contributed by atoms with E-state index >= 15 is 0 Å². The number of aromatic nitrogens is 1. The highest BCUT2D eigenvalue weighted by atomic mass is 79.9. The van der Waals surface area contributed by atoms with Crippen LogP contribution >= 0.6 is 15.9 Å². The van der Waals surface area contributed by atoms with Gasteiger partial charge >= 0.3 is 0 Å². The van der Waals surface area contributed by atoms with E-state index in [2.05, 4.69) is 57.9 Å². The molecule has 84 valence electrons. The van der Waals surface area contributed by atoms with Crippen LogP contribution in [-0.4, -0.2) is 49.0 Å². The van der Waals surface area contributed by atoms with E-state index in [1.165, 1.54) is 0 Å². The van der Waals surface area contributed by atoms with Gasteiger partial charge in [-0.2, -0.15) is 0 Å². The van der Waals surface area contributed by atoms with Gasteiger partial charge in [0.15, 0.2) is 0 Å². The molecule has 1 heterocycles. The highest BCUT2D eigenvalue weighted by Crippen LogP contribution is 2.08. The molecule has 0 saturated heterocycles. The van der Waals surface area contributed by atoms with Crippen molar-refractivity contribution in [2.45, 2.75) is 6.54 Å². The lowest BCUT2D eigenvalue weighted by Gasteiger charge is -2.18. The largest absolute Gasteiger partial charge is 0.308 e. The maximum Gasteiger partial charge on any atom is 0.0544 e. The van der Waals surface area contributed by atoms with Crippen molar-refractivity contribution in [2.75, 3.05) is 34.2 Å². The van der Waals surface area contributed by atoms with Crippen LogP contribution < -0.4 is 0 Å². The van der Waals surface area contributed by atoms with Crippen molar-refractivity contribution in [1.29, 1.82) is 0 Å². The van der Waals surface area contributed by atoms with E-state index in [-0.39, 0.29) is 0 Å². The summed E-state index contributed by atoms with van der Waals surface area (Å²) in [5, 5.41) is 0. The molecule has 4 heteroatoms. The number of hydrogen-bond acceptors (Lipinski definition) is 3. The minimum Gasteiger partial charge on any atom is -0.308 e. The van der Waals surface area contributed by atoms with Crippen LogP contribution in [0.15, 0.2) is 22.8 Å². The fraction of sp³-hybridized carbons (Fsp3) is 0.545. The van der Waals surface area contributed by atoms with Crippen molar-refractivity contribution in [3.63, 3.8) is 0 Å². The van der Waals surface area contributed by atoms with Crippen molar-refractivity contribution < 1.29 is 0 Å². The van der Waals surface area contributed by atoms with Crippen LogP contribution in [0.5, 0.6) is 0 Å². The lowest BCUT2D eigenvalue weighted by atomic mass is 10.3. The zero-order valence-corrected chi connectivity index (χ0v) is 11.2. The van der Waals surface area contributed by atoms with Crippen LogP contribution in [0.2, 0.25) is 0 Å². The van der Waals surface area contributed by atoms with E-state index in [1.807, 2.05) is 12.3 Å². The molecule has 15 heavy (non-hydrogen) atoms. The van der Waals surface area contributed by atoms with Gasteiger partial charge in [0.2, 0.25) is 0 Å². The predicted octanol–water partition coefficient (Wildman–Crippen LogP) is 1.84. The summed E-state index contributed by atoms with van der Waals surface area (Å²) < 4.78 is 1.03. The summed E-state index contributed by atoms with van der Waals surface area (Å²) >= 11 is 3.38. The molecule has 1 rings (SSSR count). The number of rotatable bonds is 5. The first-order valence-electron chi connectivity index (χ1n) is 5.01. The van der Waals surface area contributed by atoms with Crippen LogP contribution in [0.4, 0.5) is 0 Å². The third kappa shape index (κ3) is 5.25. The van der Waals surface area contributed by atoms with Gasteiger partial charge in [-0.3, -0.25) is 9.88 Å². The smallest absolute Gasteiger partial charge is 0.0544 e. The minimum absolute atomic E-state index is 0.904. The summed E-state index contributed by atoms with van der Waals surface area (Å²) in [7, 11) is 6.30. The Morgan fingerprint density at radius 3 is 2.47 bits per heavy atom. The molecule has 0 saturated carbocycles. The quantitative estimate of drug-likeness (QED) is 0.815. The topological polar surface area (TPSA) is 19.4 Å². The molecule has 0 fully saturated rings. The standard InChI is InChI=1S/C11H18BrN3/c1-14(2)6-7-15(3)9-11-5-4-10(12)8-13-11/h4-5,8H,6-7,9H2,1-3H3. The van der Waals surface area contributed by atoms with Crippen LogP contribution in [0.25, 0.3) is 0 Å². The van der Waals surface area contributed by atoms with Crippen molar-refractivity contribution in [2.24, 2.45) is 0 Å². The second kappa shape index (κ2) is 6.20. The van der Waals surface area contributed by atoms with Crippen molar-refractivity contribution in [3.8, 4) is 0 Å². The lowest BCUT2D eigenvalue weighted by Crippen LogP contribution is -2.28. The SMILES string of the molecule is CN(C)CCN(C)Cc1ccc(Br)cn1. The molecule has 0 bridgehead atoms. The fourth-order valence-electron chi connectivity index (χ4n) is 1.23. The molecule has 0 aliphatic heterocycles. The number of pyridine rings is 1. The van der Waals surface area contributed by atoms with E-state index < -0.39 is 0 Å². The van der Waals surface area contributed by atoms with Gasteiger partial charge in [-0.25, -0.2) is 0 Å². The normalized spacial score (nSPS) is 11.3. The molecule has 1 aromatic rings. The molecular formula is C11H18BrN3. The van der Waals surface area contributed by atoms with E-state index in [4.69, 9.17) is 0 Å². The van der Waals surface area contributed by atoms with Crippen LogP contribution in [0.1, 0.15) is 5.69 Å². The van der Waals surface area contributed by atoms with Crippen molar-refractivity contribution in [1.82, 2.24) is 14.8 Å². The molecule has 3 nitrogen and oxygen atoms in total. The van der Waals surface area contributed by atoms with Crippen molar-refractivity contribution in [3.05, 3.63) is 28.5 Å². The van der Waals surface area contributed by atoms with Gasteiger partial charge < -0.3 is 4.90 Å². The highest BCUT2D eigenvalue weighted by molar-refractivity contribution is 9.10. The molecule has 0 spiro atoms. The average molecular weight is 272 g/mol. The maximum atomic E-state index is 4.34. The molecule has 0 aliphatic carbocycles. The third-order valence-corrected chi connectivity index (χ3v) is 2.62. The number of nitrogens with zero attached hydrogens (tertiary/aromatic N) is 3. The Morgan fingerprint density at radius 2 is 1.93 bits per heavy atom. The molecule has 0 atom stereocenters. The Bertz CT molecular complexity index is 284. The first kappa shape index (κ1) is 12.6. The monoisotopic (exact) mass is 271 g/mol. The van der Waals surface area contributed by atoms with Crippen LogP contribution in [0.3, 0.4) is 0 Å². The fourth-order valence-corrected chi connectivity index (χ4v) is 1.46. The molecule has 0 N–H and O–H groups in total. The minimum atomic E-state index is 0.904. The second-order valence-electron chi connectivity index (χ2n) is 4.01. The van der Waals surface area contributed by atoms with Gasteiger partial charge in [0.1, 0.15) is 0 Å². The zero-order chi connectivity index (χ0) is 11.3. The lowest BCUT2D eigenvalue weighted by molar-refractivity contribution is 0.274. The molecule has 1 aromatic heterocycles. The summed E-state index contributed by atoms with van der Waals surface area (Å²) in [5.41, 5.74) is 1.11. The Labute approximate surface area is 100 Å². The molecule has 0 radical (unpaired) electrons. The van der Waals surface area contributed by atoms with Gasteiger partial charge in [-0.1, -0.05) is 0 Å². The van der Waals surface area contributed by atoms with E-state index in [0.29, 0.717) is 0 Å². The van der Waals surface area contributed by atoms with Gasteiger partial charge in [0.05, 0.1) is 5.69 Å². The van der Waals surface area contributed by atoms with Crippen LogP contribution in [-0.2, 0) is 6.54 Å². The molecule has 0 aromatic carbocycles. The number of halogens is 1. The third-order valence-electron chi connectivity index (χ3n) is 2.15. The van der Waals surface area contributed by atoms with Gasteiger partial charge in [-0.05, 0) is 49.2 Å². The summed E-state index contributed by atoms with van der Waals surface area (Å²) in [6.45, 7) is 3.04. The molecule has 0 unspecified atom stereocenters. The predicted molar refractivity (Wildman–Crippen MR) is 66.8 cm³/mol.